The van der Waals surface area contributed by atoms with E-state index in [0.29, 0.717) is 13.0 Å². The predicted molar refractivity (Wildman–Crippen MR) is 48.6 cm³/mol. The summed E-state index contributed by atoms with van der Waals surface area (Å²) in [7, 11) is -1.51. The Morgan fingerprint density at radius 2 is 2.08 bits per heavy atom. The van der Waals surface area contributed by atoms with Crippen molar-refractivity contribution in [3.05, 3.63) is 0 Å². The first-order valence-electron chi connectivity index (χ1n) is 4.02. The molecule has 0 saturated carbocycles. The maximum Gasteiger partial charge on any atom is 0.211 e. The summed E-state index contributed by atoms with van der Waals surface area (Å²) in [6.07, 6.45) is 0.563. The summed E-state index contributed by atoms with van der Waals surface area (Å²) < 4.78 is 29.5. The van der Waals surface area contributed by atoms with E-state index in [1.54, 1.807) is 7.11 Å². The van der Waals surface area contributed by atoms with Crippen molar-refractivity contribution in [3.8, 4) is 0 Å². The first-order chi connectivity index (χ1) is 5.52. The highest BCUT2D eigenvalue weighted by atomic mass is 32.2. The minimum Gasteiger partial charge on any atom is -0.380 e. The summed E-state index contributed by atoms with van der Waals surface area (Å²) in [4.78, 5) is 0. The van der Waals surface area contributed by atoms with Gasteiger partial charge >= 0.3 is 0 Å². The average molecular weight is 195 g/mol. The molecular weight excluding hydrogens is 178 g/mol. The van der Waals surface area contributed by atoms with Gasteiger partial charge in [-0.1, -0.05) is 6.92 Å². The fraction of sp³-hybridized carbons (Fsp3) is 1.00. The lowest BCUT2D eigenvalue weighted by Crippen LogP contribution is -2.33. The van der Waals surface area contributed by atoms with Crippen LogP contribution in [0.2, 0.25) is 0 Å². The fourth-order valence-electron chi connectivity index (χ4n) is 0.669. The largest absolute Gasteiger partial charge is 0.380 e. The van der Waals surface area contributed by atoms with Gasteiger partial charge in [-0.25, -0.2) is 13.1 Å². The van der Waals surface area contributed by atoms with E-state index in [1.807, 2.05) is 13.8 Å². The zero-order valence-electron chi connectivity index (χ0n) is 7.83. The van der Waals surface area contributed by atoms with Crippen LogP contribution in [0.3, 0.4) is 0 Å². The molecule has 12 heavy (non-hydrogen) atoms. The molecule has 0 heterocycles. The van der Waals surface area contributed by atoms with Crippen LogP contribution in [0.25, 0.3) is 0 Å². The van der Waals surface area contributed by atoms with Gasteiger partial charge in [0.25, 0.3) is 0 Å². The highest BCUT2D eigenvalue weighted by Crippen LogP contribution is 1.90. The molecule has 0 aliphatic rings. The molecular formula is C7H17NO3S. The van der Waals surface area contributed by atoms with Gasteiger partial charge in [-0.3, -0.25) is 0 Å². The number of ether oxygens (including phenoxy) is 1. The molecule has 0 saturated heterocycles. The second-order valence-electron chi connectivity index (χ2n) is 2.71. The molecule has 0 aromatic heterocycles. The van der Waals surface area contributed by atoms with E-state index in [1.165, 1.54) is 0 Å². The summed E-state index contributed by atoms with van der Waals surface area (Å²) >= 11 is 0. The van der Waals surface area contributed by atoms with E-state index in [4.69, 9.17) is 4.74 Å². The summed E-state index contributed by atoms with van der Waals surface area (Å²) in [5, 5.41) is 0. The maximum absolute atomic E-state index is 11.1. The molecule has 0 radical (unpaired) electrons. The molecule has 0 aliphatic carbocycles. The number of methoxy groups -OCH3 is 1. The van der Waals surface area contributed by atoms with E-state index in [2.05, 4.69) is 4.72 Å². The van der Waals surface area contributed by atoms with Gasteiger partial charge < -0.3 is 4.74 Å². The highest BCUT2D eigenvalue weighted by Gasteiger charge is 2.09. The van der Waals surface area contributed by atoms with Gasteiger partial charge in [0.05, 0.1) is 11.9 Å². The Morgan fingerprint density at radius 1 is 1.50 bits per heavy atom. The van der Waals surface area contributed by atoms with Crippen LogP contribution in [0, 0.1) is 0 Å². The van der Waals surface area contributed by atoms with Crippen molar-refractivity contribution in [2.75, 3.05) is 19.4 Å². The molecule has 0 rings (SSSR count). The lowest BCUT2D eigenvalue weighted by atomic mass is 10.4. The van der Waals surface area contributed by atoms with Crippen molar-refractivity contribution < 1.29 is 13.2 Å². The van der Waals surface area contributed by atoms with Gasteiger partial charge in [0.15, 0.2) is 0 Å². The number of hydrogen-bond acceptors (Lipinski definition) is 3. The second kappa shape index (κ2) is 5.50. The van der Waals surface area contributed by atoms with Gasteiger partial charge in [-0.05, 0) is 13.3 Å². The molecule has 5 heteroatoms. The van der Waals surface area contributed by atoms with Crippen LogP contribution in [-0.2, 0) is 14.8 Å². The maximum atomic E-state index is 11.1. The molecule has 1 atom stereocenters. The molecule has 0 fully saturated rings. The van der Waals surface area contributed by atoms with Crippen molar-refractivity contribution in [3.63, 3.8) is 0 Å². The molecule has 1 unspecified atom stereocenters. The molecule has 1 N–H and O–H groups in total. The Balaban J connectivity index is 3.76. The van der Waals surface area contributed by atoms with E-state index in [9.17, 15) is 8.42 Å². The molecule has 0 spiro atoms. The van der Waals surface area contributed by atoms with Crippen molar-refractivity contribution in [1.29, 1.82) is 0 Å². The van der Waals surface area contributed by atoms with Crippen LogP contribution in [-0.4, -0.2) is 33.9 Å². The second-order valence-corrected chi connectivity index (χ2v) is 4.64. The first kappa shape index (κ1) is 11.9. The van der Waals surface area contributed by atoms with E-state index >= 15 is 0 Å². The van der Waals surface area contributed by atoms with E-state index in [-0.39, 0.29) is 11.9 Å². The van der Waals surface area contributed by atoms with Crippen LogP contribution in [0.1, 0.15) is 20.3 Å². The molecule has 0 aromatic carbocycles. The van der Waals surface area contributed by atoms with Crippen LogP contribution in [0.15, 0.2) is 0 Å². The Kier molecular flexibility index (Phi) is 5.44. The first-order valence-corrected chi connectivity index (χ1v) is 5.67. The Bertz CT molecular complexity index is 201. The lowest BCUT2D eigenvalue weighted by Gasteiger charge is -2.10. The minimum atomic E-state index is -3.07. The van der Waals surface area contributed by atoms with E-state index in [0.717, 1.165) is 0 Å². The number of nitrogens with one attached hydrogen (secondary N) is 1. The van der Waals surface area contributed by atoms with E-state index < -0.39 is 10.0 Å². The Labute approximate surface area is 74.4 Å². The minimum absolute atomic E-state index is 0.0726. The topological polar surface area (TPSA) is 55.4 Å². The predicted octanol–water partition coefficient (Wildman–Crippen LogP) is 0.351. The molecule has 0 bridgehead atoms. The standard InChI is InChI=1S/C7H17NO3S/c1-4-5-12(9,10)8-6-7(2)11-3/h7-8H,4-6H2,1-3H3. The summed E-state index contributed by atoms with van der Waals surface area (Å²) in [5.74, 6) is 0.184. The molecule has 0 amide bonds. The number of hydrogen-bond donors (Lipinski definition) is 1. The Morgan fingerprint density at radius 3 is 2.50 bits per heavy atom. The monoisotopic (exact) mass is 195 g/mol. The zero-order chi connectivity index (χ0) is 9.61. The van der Waals surface area contributed by atoms with Crippen LogP contribution < -0.4 is 4.72 Å². The Hall–Kier alpha value is -0.130. The fourth-order valence-corrected chi connectivity index (χ4v) is 1.84. The van der Waals surface area contributed by atoms with Gasteiger partial charge in [-0.15, -0.1) is 0 Å². The third kappa shape index (κ3) is 5.51. The average Bonchev–Trinajstić information content (AvgIpc) is 2.00. The zero-order valence-corrected chi connectivity index (χ0v) is 8.65. The third-order valence-electron chi connectivity index (χ3n) is 1.47. The van der Waals surface area contributed by atoms with Crippen LogP contribution in [0.4, 0.5) is 0 Å². The summed E-state index contributed by atoms with van der Waals surface area (Å²) in [6.45, 7) is 3.99. The van der Waals surface area contributed by atoms with Crippen molar-refractivity contribution in [1.82, 2.24) is 4.72 Å². The normalized spacial score (nSPS) is 14.6. The van der Waals surface area contributed by atoms with Gasteiger partial charge in [0.2, 0.25) is 10.0 Å². The SMILES string of the molecule is CCCS(=O)(=O)NCC(C)OC. The van der Waals surface area contributed by atoms with Gasteiger partial charge in [-0.2, -0.15) is 0 Å². The van der Waals surface area contributed by atoms with Gasteiger partial charge in [0.1, 0.15) is 0 Å². The molecule has 4 nitrogen and oxygen atoms in total. The summed E-state index contributed by atoms with van der Waals surface area (Å²) in [6, 6.07) is 0. The summed E-state index contributed by atoms with van der Waals surface area (Å²) in [5.41, 5.74) is 0. The number of sulfonamides is 1. The molecule has 0 aliphatic heterocycles. The van der Waals surface area contributed by atoms with Crippen LogP contribution >= 0.6 is 0 Å². The number of rotatable bonds is 6. The third-order valence-corrected chi connectivity index (χ3v) is 3.02. The molecule has 0 aromatic rings. The van der Waals surface area contributed by atoms with Gasteiger partial charge in [0, 0.05) is 13.7 Å². The van der Waals surface area contributed by atoms with Crippen molar-refractivity contribution in [2.24, 2.45) is 0 Å². The van der Waals surface area contributed by atoms with Crippen molar-refractivity contribution >= 4 is 10.0 Å². The molecule has 74 valence electrons. The van der Waals surface area contributed by atoms with Crippen LogP contribution in [0.5, 0.6) is 0 Å². The highest BCUT2D eigenvalue weighted by molar-refractivity contribution is 7.89. The smallest absolute Gasteiger partial charge is 0.211 e. The van der Waals surface area contributed by atoms with Crippen molar-refractivity contribution in [2.45, 2.75) is 26.4 Å². The lowest BCUT2D eigenvalue weighted by molar-refractivity contribution is 0.122. The quantitative estimate of drug-likeness (QED) is 0.665.